The SMILES string of the molecule is COc1ccc(CN2CC3CNCC3C2)cn1. The molecule has 0 saturated carbocycles. The first-order valence-corrected chi connectivity index (χ1v) is 6.27. The molecule has 17 heavy (non-hydrogen) atoms. The van der Waals surface area contributed by atoms with E-state index in [1.165, 1.54) is 31.7 Å². The first-order valence-electron chi connectivity index (χ1n) is 6.27. The summed E-state index contributed by atoms with van der Waals surface area (Å²) in [6.07, 6.45) is 1.92. The van der Waals surface area contributed by atoms with Gasteiger partial charge in [-0.3, -0.25) is 4.90 Å². The van der Waals surface area contributed by atoms with Crippen LogP contribution in [0.5, 0.6) is 5.88 Å². The van der Waals surface area contributed by atoms with Crippen LogP contribution < -0.4 is 10.1 Å². The van der Waals surface area contributed by atoms with Crippen LogP contribution in [0.4, 0.5) is 0 Å². The Morgan fingerprint density at radius 2 is 2.12 bits per heavy atom. The molecule has 0 radical (unpaired) electrons. The van der Waals surface area contributed by atoms with E-state index in [0.29, 0.717) is 5.88 Å². The van der Waals surface area contributed by atoms with Gasteiger partial charge in [0.25, 0.3) is 0 Å². The molecule has 1 N–H and O–H groups in total. The van der Waals surface area contributed by atoms with Crippen molar-refractivity contribution in [2.75, 3.05) is 33.3 Å². The zero-order valence-corrected chi connectivity index (χ0v) is 10.2. The molecule has 4 heteroatoms. The minimum absolute atomic E-state index is 0.691. The van der Waals surface area contributed by atoms with Gasteiger partial charge >= 0.3 is 0 Å². The molecule has 92 valence electrons. The smallest absolute Gasteiger partial charge is 0.212 e. The van der Waals surface area contributed by atoms with Crippen molar-refractivity contribution in [2.24, 2.45) is 11.8 Å². The van der Waals surface area contributed by atoms with Crippen molar-refractivity contribution in [3.8, 4) is 5.88 Å². The Kier molecular flexibility index (Phi) is 2.99. The van der Waals surface area contributed by atoms with E-state index in [9.17, 15) is 0 Å². The first-order chi connectivity index (χ1) is 8.35. The molecule has 2 unspecified atom stereocenters. The molecule has 0 aromatic carbocycles. The molecule has 4 nitrogen and oxygen atoms in total. The van der Waals surface area contributed by atoms with Crippen molar-refractivity contribution in [3.05, 3.63) is 23.9 Å². The average molecular weight is 233 g/mol. The van der Waals surface area contributed by atoms with E-state index < -0.39 is 0 Å². The molecule has 2 aliphatic rings. The van der Waals surface area contributed by atoms with Crippen LogP contribution in [-0.4, -0.2) is 43.2 Å². The monoisotopic (exact) mass is 233 g/mol. The van der Waals surface area contributed by atoms with E-state index in [1.807, 2.05) is 12.3 Å². The molecule has 0 amide bonds. The largest absolute Gasteiger partial charge is 0.481 e. The van der Waals surface area contributed by atoms with E-state index in [1.54, 1.807) is 7.11 Å². The Balaban J connectivity index is 1.59. The van der Waals surface area contributed by atoms with Crippen LogP contribution in [0.1, 0.15) is 5.56 Å². The maximum atomic E-state index is 5.07. The van der Waals surface area contributed by atoms with Gasteiger partial charge in [-0.05, 0) is 30.5 Å². The topological polar surface area (TPSA) is 37.4 Å². The number of ether oxygens (including phenoxy) is 1. The van der Waals surface area contributed by atoms with Gasteiger partial charge in [0, 0.05) is 31.9 Å². The molecule has 0 spiro atoms. The predicted molar refractivity (Wildman–Crippen MR) is 65.9 cm³/mol. The molecular formula is C13H19N3O. The zero-order valence-electron chi connectivity index (χ0n) is 10.2. The summed E-state index contributed by atoms with van der Waals surface area (Å²) in [4.78, 5) is 6.79. The lowest BCUT2D eigenvalue weighted by molar-refractivity contribution is 0.305. The molecule has 2 atom stereocenters. The minimum Gasteiger partial charge on any atom is -0.481 e. The van der Waals surface area contributed by atoms with Crippen molar-refractivity contribution in [2.45, 2.75) is 6.54 Å². The second-order valence-corrected chi connectivity index (χ2v) is 5.08. The van der Waals surface area contributed by atoms with Crippen molar-refractivity contribution in [1.29, 1.82) is 0 Å². The molecule has 3 heterocycles. The zero-order chi connectivity index (χ0) is 11.7. The molecule has 0 aliphatic carbocycles. The van der Waals surface area contributed by atoms with E-state index in [4.69, 9.17) is 4.74 Å². The summed E-state index contributed by atoms with van der Waals surface area (Å²) in [5.41, 5.74) is 1.28. The van der Waals surface area contributed by atoms with E-state index in [2.05, 4.69) is 21.3 Å². The average Bonchev–Trinajstić information content (AvgIpc) is 2.90. The number of nitrogens with one attached hydrogen (secondary N) is 1. The molecule has 2 fully saturated rings. The summed E-state index contributed by atoms with van der Waals surface area (Å²) < 4.78 is 5.07. The summed E-state index contributed by atoms with van der Waals surface area (Å²) in [5.74, 6) is 2.42. The normalized spacial score (nSPS) is 28.3. The number of aromatic nitrogens is 1. The Morgan fingerprint density at radius 3 is 2.71 bits per heavy atom. The third-order valence-electron chi connectivity index (χ3n) is 3.88. The van der Waals surface area contributed by atoms with Crippen molar-refractivity contribution in [1.82, 2.24) is 15.2 Å². The highest BCUT2D eigenvalue weighted by molar-refractivity contribution is 5.17. The fraction of sp³-hybridized carbons (Fsp3) is 0.615. The summed E-state index contributed by atoms with van der Waals surface area (Å²) >= 11 is 0. The van der Waals surface area contributed by atoms with Crippen LogP contribution in [0, 0.1) is 11.8 Å². The van der Waals surface area contributed by atoms with Gasteiger partial charge in [0.15, 0.2) is 0 Å². The summed E-state index contributed by atoms with van der Waals surface area (Å²) in [5, 5.41) is 3.47. The molecule has 2 saturated heterocycles. The van der Waals surface area contributed by atoms with Gasteiger partial charge in [0.05, 0.1) is 7.11 Å². The molecule has 3 rings (SSSR count). The Labute approximate surface area is 102 Å². The van der Waals surface area contributed by atoms with E-state index in [-0.39, 0.29) is 0 Å². The second kappa shape index (κ2) is 4.63. The fourth-order valence-corrected chi connectivity index (χ4v) is 2.97. The molecule has 1 aromatic heterocycles. The Hall–Kier alpha value is -1.13. The molecular weight excluding hydrogens is 214 g/mol. The van der Waals surface area contributed by atoms with Crippen LogP contribution >= 0.6 is 0 Å². The third kappa shape index (κ3) is 2.28. The van der Waals surface area contributed by atoms with Gasteiger partial charge in [0.1, 0.15) is 0 Å². The highest BCUT2D eigenvalue weighted by atomic mass is 16.5. The lowest BCUT2D eigenvalue weighted by atomic mass is 10.0. The Morgan fingerprint density at radius 1 is 1.35 bits per heavy atom. The number of fused-ring (bicyclic) bond motifs is 1. The minimum atomic E-state index is 0.691. The summed E-state index contributed by atoms with van der Waals surface area (Å²) in [6.45, 7) is 5.86. The highest BCUT2D eigenvalue weighted by Crippen LogP contribution is 2.27. The standard InChI is InChI=1S/C13H19N3O/c1-17-13-3-2-10(4-15-13)7-16-8-11-5-14-6-12(11)9-16/h2-4,11-12,14H,5-9H2,1H3. The number of methoxy groups -OCH3 is 1. The molecule has 1 aromatic rings. The van der Waals surface area contributed by atoms with Crippen LogP contribution in [0.25, 0.3) is 0 Å². The molecule has 0 bridgehead atoms. The van der Waals surface area contributed by atoms with Crippen LogP contribution in [0.15, 0.2) is 18.3 Å². The van der Waals surface area contributed by atoms with Crippen LogP contribution in [-0.2, 0) is 6.54 Å². The maximum absolute atomic E-state index is 5.07. The van der Waals surface area contributed by atoms with Gasteiger partial charge in [-0.1, -0.05) is 6.07 Å². The number of rotatable bonds is 3. The van der Waals surface area contributed by atoms with Crippen molar-refractivity contribution < 1.29 is 4.74 Å². The molecule has 2 aliphatic heterocycles. The lowest BCUT2D eigenvalue weighted by Crippen LogP contribution is -2.25. The summed E-state index contributed by atoms with van der Waals surface area (Å²) in [6, 6.07) is 4.05. The fourth-order valence-electron chi connectivity index (χ4n) is 2.97. The number of nitrogens with zero attached hydrogens (tertiary/aromatic N) is 2. The lowest BCUT2D eigenvalue weighted by Gasteiger charge is -2.16. The predicted octanol–water partition coefficient (Wildman–Crippen LogP) is 0.741. The van der Waals surface area contributed by atoms with Crippen molar-refractivity contribution >= 4 is 0 Å². The number of likely N-dealkylation sites (tertiary alicyclic amines) is 1. The second-order valence-electron chi connectivity index (χ2n) is 5.08. The van der Waals surface area contributed by atoms with Crippen LogP contribution in [0.2, 0.25) is 0 Å². The number of hydrogen-bond acceptors (Lipinski definition) is 4. The van der Waals surface area contributed by atoms with Crippen molar-refractivity contribution in [3.63, 3.8) is 0 Å². The van der Waals surface area contributed by atoms with E-state index >= 15 is 0 Å². The van der Waals surface area contributed by atoms with Gasteiger partial charge in [-0.25, -0.2) is 4.98 Å². The van der Waals surface area contributed by atoms with Gasteiger partial charge in [-0.15, -0.1) is 0 Å². The number of pyridine rings is 1. The Bertz CT molecular complexity index is 367. The van der Waals surface area contributed by atoms with Gasteiger partial charge in [-0.2, -0.15) is 0 Å². The van der Waals surface area contributed by atoms with Crippen LogP contribution in [0.3, 0.4) is 0 Å². The highest BCUT2D eigenvalue weighted by Gasteiger charge is 2.35. The number of hydrogen-bond donors (Lipinski definition) is 1. The maximum Gasteiger partial charge on any atom is 0.212 e. The van der Waals surface area contributed by atoms with Gasteiger partial charge in [0.2, 0.25) is 5.88 Å². The first kappa shape index (κ1) is 11.0. The summed E-state index contributed by atoms with van der Waals surface area (Å²) in [7, 11) is 1.65. The quantitative estimate of drug-likeness (QED) is 0.835. The third-order valence-corrected chi connectivity index (χ3v) is 3.88. The van der Waals surface area contributed by atoms with Gasteiger partial charge < -0.3 is 10.1 Å². The van der Waals surface area contributed by atoms with E-state index in [0.717, 1.165) is 18.4 Å².